The average Bonchev–Trinajstić information content (AvgIpc) is 3.17. The Morgan fingerprint density at radius 2 is 1.64 bits per heavy atom. The number of amides is 1. The molecule has 1 N–H and O–H groups in total. The number of carbonyl (C=O) groups is 1. The quantitative estimate of drug-likeness (QED) is 0.931. The van der Waals surface area contributed by atoms with E-state index in [0.717, 1.165) is 38.3 Å². The molecule has 4 rings (SSSR count). The van der Waals surface area contributed by atoms with Crippen molar-refractivity contribution in [3.8, 4) is 0 Å². The third-order valence-electron chi connectivity index (χ3n) is 5.20. The van der Waals surface area contributed by atoms with Crippen LogP contribution in [0.15, 0.2) is 48.5 Å². The Morgan fingerprint density at radius 1 is 0.920 bits per heavy atom. The Kier molecular flexibility index (Phi) is 4.70. The Labute approximate surface area is 149 Å². The fourth-order valence-corrected chi connectivity index (χ4v) is 3.82. The van der Waals surface area contributed by atoms with Gasteiger partial charge in [0, 0.05) is 37.6 Å². The predicted molar refractivity (Wildman–Crippen MR) is 102 cm³/mol. The second-order valence-corrected chi connectivity index (χ2v) is 7.02. The fraction of sp³-hybridized carbons (Fsp3) is 0.381. The van der Waals surface area contributed by atoms with E-state index >= 15 is 0 Å². The summed E-state index contributed by atoms with van der Waals surface area (Å²) in [6.07, 6.45) is 3.57. The fourth-order valence-electron chi connectivity index (χ4n) is 3.82. The number of anilines is 2. The molecule has 1 fully saturated rings. The van der Waals surface area contributed by atoms with E-state index in [0.29, 0.717) is 6.54 Å². The normalized spacial score (nSPS) is 17.4. The summed E-state index contributed by atoms with van der Waals surface area (Å²) < 4.78 is 0. The molecule has 0 bridgehead atoms. The molecule has 1 amide bonds. The number of nitrogens with one attached hydrogen (secondary N) is 1. The molecule has 2 heterocycles. The molecule has 0 saturated carbocycles. The highest BCUT2D eigenvalue weighted by Crippen LogP contribution is 2.22. The van der Waals surface area contributed by atoms with E-state index in [1.165, 1.54) is 29.7 Å². The monoisotopic (exact) mass is 335 g/mol. The van der Waals surface area contributed by atoms with Gasteiger partial charge in [0.1, 0.15) is 0 Å². The van der Waals surface area contributed by atoms with Gasteiger partial charge in [0.2, 0.25) is 5.91 Å². The summed E-state index contributed by atoms with van der Waals surface area (Å²) in [5.41, 5.74) is 4.89. The maximum Gasteiger partial charge on any atom is 0.238 e. The lowest BCUT2D eigenvalue weighted by atomic mass is 10.00. The van der Waals surface area contributed by atoms with Gasteiger partial charge in [-0.1, -0.05) is 24.3 Å². The lowest BCUT2D eigenvalue weighted by molar-refractivity contribution is -0.117. The third kappa shape index (κ3) is 3.85. The molecule has 4 heteroatoms. The first kappa shape index (κ1) is 16.2. The second kappa shape index (κ2) is 7.28. The number of hydrogen-bond donors (Lipinski definition) is 1. The van der Waals surface area contributed by atoms with Gasteiger partial charge in [0.25, 0.3) is 0 Å². The third-order valence-corrected chi connectivity index (χ3v) is 5.20. The standard InChI is InChI=1S/C21H25N3O/c25-21(16-23-14-11-17-5-1-2-6-18(17)15-23)22-19-7-9-20(10-8-19)24-12-3-4-13-24/h1-2,5-10H,3-4,11-16H2,(H,22,25). The van der Waals surface area contributed by atoms with Crippen LogP contribution < -0.4 is 10.2 Å². The van der Waals surface area contributed by atoms with Gasteiger partial charge in [-0.25, -0.2) is 0 Å². The van der Waals surface area contributed by atoms with Gasteiger partial charge < -0.3 is 10.2 Å². The minimum atomic E-state index is 0.0632. The van der Waals surface area contributed by atoms with Crippen molar-refractivity contribution in [2.75, 3.05) is 36.4 Å². The van der Waals surface area contributed by atoms with Gasteiger partial charge in [-0.2, -0.15) is 0 Å². The van der Waals surface area contributed by atoms with E-state index in [1.54, 1.807) is 0 Å². The summed E-state index contributed by atoms with van der Waals surface area (Å²) in [4.78, 5) is 17.0. The first-order chi connectivity index (χ1) is 12.3. The molecule has 0 radical (unpaired) electrons. The van der Waals surface area contributed by atoms with Crippen molar-refractivity contribution in [2.45, 2.75) is 25.8 Å². The van der Waals surface area contributed by atoms with E-state index in [9.17, 15) is 4.79 Å². The van der Waals surface area contributed by atoms with Gasteiger partial charge in [-0.3, -0.25) is 9.69 Å². The molecular weight excluding hydrogens is 310 g/mol. The average molecular weight is 335 g/mol. The zero-order valence-electron chi connectivity index (χ0n) is 14.6. The lowest BCUT2D eigenvalue weighted by Crippen LogP contribution is -2.37. The predicted octanol–water partition coefficient (Wildman–Crippen LogP) is 3.28. The molecule has 2 aromatic carbocycles. The number of fused-ring (bicyclic) bond motifs is 1. The van der Waals surface area contributed by atoms with E-state index in [2.05, 4.69) is 51.5 Å². The molecule has 2 aliphatic heterocycles. The maximum absolute atomic E-state index is 12.4. The van der Waals surface area contributed by atoms with Crippen LogP contribution in [0.5, 0.6) is 0 Å². The van der Waals surface area contributed by atoms with Gasteiger partial charge in [0.05, 0.1) is 6.54 Å². The van der Waals surface area contributed by atoms with Crippen LogP contribution in [0.2, 0.25) is 0 Å². The van der Waals surface area contributed by atoms with Crippen LogP contribution in [0.3, 0.4) is 0 Å². The molecule has 0 unspecified atom stereocenters. The molecule has 0 atom stereocenters. The topological polar surface area (TPSA) is 35.6 Å². The summed E-state index contributed by atoms with van der Waals surface area (Å²) in [6, 6.07) is 16.8. The van der Waals surface area contributed by atoms with Crippen LogP contribution in [-0.2, 0) is 17.8 Å². The zero-order chi connectivity index (χ0) is 17.1. The highest BCUT2D eigenvalue weighted by Gasteiger charge is 2.18. The largest absolute Gasteiger partial charge is 0.372 e. The van der Waals surface area contributed by atoms with Crippen LogP contribution in [0, 0.1) is 0 Å². The Hall–Kier alpha value is -2.33. The van der Waals surface area contributed by atoms with Gasteiger partial charge in [0.15, 0.2) is 0 Å². The highest BCUT2D eigenvalue weighted by atomic mass is 16.2. The molecule has 130 valence electrons. The summed E-state index contributed by atoms with van der Waals surface area (Å²) >= 11 is 0. The number of hydrogen-bond acceptors (Lipinski definition) is 3. The van der Waals surface area contributed by atoms with Crippen LogP contribution in [-0.4, -0.2) is 37.0 Å². The smallest absolute Gasteiger partial charge is 0.238 e. The number of benzene rings is 2. The molecule has 0 aromatic heterocycles. The SMILES string of the molecule is O=C(CN1CCc2ccccc2C1)Nc1ccc(N2CCCC2)cc1. The maximum atomic E-state index is 12.4. The number of carbonyl (C=O) groups excluding carboxylic acids is 1. The highest BCUT2D eigenvalue weighted by molar-refractivity contribution is 5.92. The van der Waals surface area contributed by atoms with Gasteiger partial charge in [-0.05, 0) is 54.7 Å². The van der Waals surface area contributed by atoms with Crippen LogP contribution >= 0.6 is 0 Å². The minimum absolute atomic E-state index is 0.0632. The van der Waals surface area contributed by atoms with Crippen molar-refractivity contribution >= 4 is 17.3 Å². The van der Waals surface area contributed by atoms with E-state index in [4.69, 9.17) is 0 Å². The van der Waals surface area contributed by atoms with Crippen molar-refractivity contribution in [1.82, 2.24) is 4.90 Å². The van der Waals surface area contributed by atoms with Crippen LogP contribution in [0.4, 0.5) is 11.4 Å². The van der Waals surface area contributed by atoms with Crippen LogP contribution in [0.25, 0.3) is 0 Å². The first-order valence-corrected chi connectivity index (χ1v) is 9.22. The van der Waals surface area contributed by atoms with Gasteiger partial charge in [-0.15, -0.1) is 0 Å². The van der Waals surface area contributed by atoms with Gasteiger partial charge >= 0.3 is 0 Å². The van der Waals surface area contributed by atoms with Crippen molar-refractivity contribution in [3.05, 3.63) is 59.7 Å². The van der Waals surface area contributed by atoms with E-state index in [1.807, 2.05) is 12.1 Å². The summed E-state index contributed by atoms with van der Waals surface area (Å²) in [6.45, 7) is 4.53. The molecule has 25 heavy (non-hydrogen) atoms. The Morgan fingerprint density at radius 3 is 2.40 bits per heavy atom. The van der Waals surface area contributed by atoms with E-state index in [-0.39, 0.29) is 5.91 Å². The van der Waals surface area contributed by atoms with Crippen molar-refractivity contribution in [2.24, 2.45) is 0 Å². The van der Waals surface area contributed by atoms with Crippen molar-refractivity contribution in [1.29, 1.82) is 0 Å². The van der Waals surface area contributed by atoms with Crippen LogP contribution in [0.1, 0.15) is 24.0 Å². The zero-order valence-corrected chi connectivity index (χ0v) is 14.6. The molecule has 0 spiro atoms. The summed E-state index contributed by atoms with van der Waals surface area (Å²) in [5, 5.41) is 3.03. The summed E-state index contributed by atoms with van der Waals surface area (Å²) in [7, 11) is 0. The van der Waals surface area contributed by atoms with Crippen molar-refractivity contribution < 1.29 is 4.79 Å². The number of rotatable bonds is 4. The minimum Gasteiger partial charge on any atom is -0.372 e. The molecular formula is C21H25N3O. The molecule has 4 nitrogen and oxygen atoms in total. The molecule has 2 aromatic rings. The molecule has 0 aliphatic carbocycles. The first-order valence-electron chi connectivity index (χ1n) is 9.22. The Balaban J connectivity index is 1.32. The summed E-state index contributed by atoms with van der Waals surface area (Å²) in [5.74, 6) is 0.0632. The molecule has 1 saturated heterocycles. The Bertz CT molecular complexity index is 735. The number of nitrogens with zero attached hydrogens (tertiary/aromatic N) is 2. The van der Waals surface area contributed by atoms with Crippen molar-refractivity contribution in [3.63, 3.8) is 0 Å². The molecule has 2 aliphatic rings. The lowest BCUT2D eigenvalue weighted by Gasteiger charge is -2.28. The second-order valence-electron chi connectivity index (χ2n) is 7.02. The van der Waals surface area contributed by atoms with E-state index < -0.39 is 0 Å².